The number of piperazine rings is 1. The maximum atomic E-state index is 10.6. The summed E-state index contributed by atoms with van der Waals surface area (Å²) in [6, 6.07) is 0. The average Bonchev–Trinajstić information content (AvgIpc) is 2.34. The molecule has 0 spiro atoms. The number of hydrogen-bond acceptors (Lipinski definition) is 4. The van der Waals surface area contributed by atoms with Crippen molar-refractivity contribution in [3.63, 3.8) is 0 Å². The molecule has 2 rings (SSSR count). The number of likely N-dealkylation sites (N-methyl/N-ethyl adjacent to an activating group) is 1. The number of aliphatic hydroxyl groups is 1. The molecule has 0 saturated carbocycles. The third kappa shape index (κ3) is 3.65. The van der Waals surface area contributed by atoms with E-state index in [1.807, 2.05) is 0 Å². The second-order valence-electron chi connectivity index (χ2n) is 5.74. The molecule has 0 aromatic rings. The molecule has 2 saturated heterocycles. The smallest absolute Gasteiger partial charge is 0.0798 e. The maximum absolute atomic E-state index is 10.6. The van der Waals surface area contributed by atoms with Gasteiger partial charge < -0.3 is 14.9 Å². The minimum absolute atomic E-state index is 0.430. The van der Waals surface area contributed by atoms with Crippen LogP contribution in [0.5, 0.6) is 0 Å². The first-order valence-electron chi connectivity index (χ1n) is 6.97. The van der Waals surface area contributed by atoms with Crippen molar-refractivity contribution in [1.82, 2.24) is 14.7 Å². The van der Waals surface area contributed by atoms with E-state index in [-0.39, 0.29) is 0 Å². The fourth-order valence-electron chi connectivity index (χ4n) is 2.87. The molecular formula is C13H27N3O. The van der Waals surface area contributed by atoms with Crippen LogP contribution in [0.15, 0.2) is 0 Å². The van der Waals surface area contributed by atoms with E-state index in [2.05, 4.69) is 28.7 Å². The van der Waals surface area contributed by atoms with E-state index in [1.54, 1.807) is 0 Å². The van der Waals surface area contributed by atoms with E-state index in [4.69, 9.17) is 0 Å². The lowest BCUT2D eigenvalue weighted by Gasteiger charge is -2.42. The third-order valence-electron chi connectivity index (χ3n) is 4.35. The van der Waals surface area contributed by atoms with Crippen LogP contribution >= 0.6 is 0 Å². The molecule has 1 N–H and O–H groups in total. The molecule has 0 unspecified atom stereocenters. The molecule has 0 aromatic heterocycles. The van der Waals surface area contributed by atoms with E-state index in [1.165, 1.54) is 0 Å². The van der Waals surface area contributed by atoms with Crippen LogP contribution in [0.4, 0.5) is 0 Å². The monoisotopic (exact) mass is 241 g/mol. The van der Waals surface area contributed by atoms with Gasteiger partial charge in [0.1, 0.15) is 0 Å². The van der Waals surface area contributed by atoms with Gasteiger partial charge in [-0.3, -0.25) is 4.90 Å². The minimum Gasteiger partial charge on any atom is -0.388 e. The molecule has 2 aliphatic rings. The quantitative estimate of drug-likeness (QED) is 0.758. The molecule has 4 heteroatoms. The van der Waals surface area contributed by atoms with Crippen molar-refractivity contribution in [2.45, 2.75) is 25.4 Å². The Labute approximate surface area is 105 Å². The molecule has 2 heterocycles. The van der Waals surface area contributed by atoms with Crippen LogP contribution < -0.4 is 0 Å². The highest BCUT2D eigenvalue weighted by molar-refractivity contribution is 4.89. The molecule has 0 atom stereocenters. The molecule has 0 aliphatic carbocycles. The lowest BCUT2D eigenvalue weighted by molar-refractivity contribution is -0.0483. The zero-order valence-electron chi connectivity index (χ0n) is 11.4. The van der Waals surface area contributed by atoms with Crippen LogP contribution in [0.3, 0.4) is 0 Å². The second-order valence-corrected chi connectivity index (χ2v) is 5.74. The van der Waals surface area contributed by atoms with Gasteiger partial charge in [0.15, 0.2) is 0 Å². The van der Waals surface area contributed by atoms with Gasteiger partial charge >= 0.3 is 0 Å². The highest BCUT2D eigenvalue weighted by Crippen LogP contribution is 2.23. The maximum Gasteiger partial charge on any atom is 0.0798 e. The topological polar surface area (TPSA) is 30.0 Å². The molecule has 17 heavy (non-hydrogen) atoms. The van der Waals surface area contributed by atoms with Crippen LogP contribution in [-0.2, 0) is 0 Å². The summed E-state index contributed by atoms with van der Waals surface area (Å²) in [4.78, 5) is 7.23. The van der Waals surface area contributed by atoms with Gasteiger partial charge in [-0.25, -0.2) is 0 Å². The Kier molecular flexibility index (Phi) is 4.42. The van der Waals surface area contributed by atoms with Crippen molar-refractivity contribution in [3.8, 4) is 0 Å². The average molecular weight is 241 g/mol. The first kappa shape index (κ1) is 13.3. The molecule has 0 bridgehead atoms. The van der Waals surface area contributed by atoms with Gasteiger partial charge in [0.25, 0.3) is 0 Å². The van der Waals surface area contributed by atoms with E-state index < -0.39 is 5.60 Å². The van der Waals surface area contributed by atoms with E-state index >= 15 is 0 Å². The largest absolute Gasteiger partial charge is 0.388 e. The number of nitrogens with zero attached hydrogens (tertiary/aromatic N) is 3. The van der Waals surface area contributed by atoms with Crippen molar-refractivity contribution < 1.29 is 5.11 Å². The number of piperidine rings is 1. The van der Waals surface area contributed by atoms with Gasteiger partial charge in [0.05, 0.1) is 5.60 Å². The Morgan fingerprint density at radius 3 is 2.00 bits per heavy atom. The van der Waals surface area contributed by atoms with Gasteiger partial charge in [0.2, 0.25) is 0 Å². The van der Waals surface area contributed by atoms with E-state index in [9.17, 15) is 5.11 Å². The Morgan fingerprint density at radius 1 is 0.941 bits per heavy atom. The zero-order valence-corrected chi connectivity index (χ0v) is 11.4. The third-order valence-corrected chi connectivity index (χ3v) is 4.35. The summed E-state index contributed by atoms with van der Waals surface area (Å²) in [5.74, 6) is 0. The highest BCUT2D eigenvalue weighted by atomic mass is 16.3. The van der Waals surface area contributed by atoms with E-state index in [0.29, 0.717) is 0 Å². The van der Waals surface area contributed by atoms with Crippen LogP contribution in [0.25, 0.3) is 0 Å². The molecule has 2 fully saturated rings. The van der Waals surface area contributed by atoms with Crippen molar-refractivity contribution in [1.29, 1.82) is 0 Å². The second kappa shape index (κ2) is 5.65. The van der Waals surface area contributed by atoms with Crippen LogP contribution in [0.2, 0.25) is 0 Å². The minimum atomic E-state index is -0.430. The van der Waals surface area contributed by atoms with Crippen LogP contribution in [0.1, 0.15) is 19.8 Å². The summed E-state index contributed by atoms with van der Waals surface area (Å²) < 4.78 is 0. The van der Waals surface area contributed by atoms with E-state index in [0.717, 1.165) is 65.2 Å². The SMILES string of the molecule is CCN1CCN(CC2(O)CCN(C)CC2)CC1. The summed E-state index contributed by atoms with van der Waals surface area (Å²) in [5, 5.41) is 10.6. The molecule has 0 radical (unpaired) electrons. The van der Waals surface area contributed by atoms with Crippen molar-refractivity contribution in [3.05, 3.63) is 0 Å². The number of β-amino-alcohol motifs (C(OH)–C–C–N with tert-alkyl or cyclic N) is 1. The van der Waals surface area contributed by atoms with Gasteiger partial charge in [0, 0.05) is 45.8 Å². The summed E-state index contributed by atoms with van der Waals surface area (Å²) in [6.45, 7) is 10.9. The Hall–Kier alpha value is -0.160. The molecule has 0 amide bonds. The van der Waals surface area contributed by atoms with Crippen LogP contribution in [-0.4, -0.2) is 84.8 Å². The molecule has 0 aromatic carbocycles. The highest BCUT2D eigenvalue weighted by Gasteiger charge is 2.33. The van der Waals surface area contributed by atoms with Crippen molar-refractivity contribution in [2.75, 3.05) is 59.4 Å². The number of hydrogen-bond donors (Lipinski definition) is 1. The van der Waals surface area contributed by atoms with Gasteiger partial charge in [-0.15, -0.1) is 0 Å². The molecule has 2 aliphatic heterocycles. The van der Waals surface area contributed by atoms with Gasteiger partial charge in [-0.05, 0) is 26.4 Å². The summed E-state index contributed by atoms with van der Waals surface area (Å²) >= 11 is 0. The molecular weight excluding hydrogens is 214 g/mol. The first-order chi connectivity index (χ1) is 8.11. The lowest BCUT2D eigenvalue weighted by Crippen LogP contribution is -2.54. The Balaban J connectivity index is 1.77. The summed E-state index contributed by atoms with van der Waals surface area (Å²) in [7, 11) is 2.14. The first-order valence-corrected chi connectivity index (χ1v) is 6.97. The fraction of sp³-hybridized carbons (Fsp3) is 1.00. The molecule has 100 valence electrons. The Bertz CT molecular complexity index is 231. The molecule has 4 nitrogen and oxygen atoms in total. The predicted octanol–water partition coefficient (Wildman–Crippen LogP) is 0.0806. The predicted molar refractivity (Wildman–Crippen MR) is 70.2 cm³/mol. The van der Waals surface area contributed by atoms with Crippen molar-refractivity contribution >= 4 is 0 Å². The van der Waals surface area contributed by atoms with Crippen molar-refractivity contribution in [2.24, 2.45) is 0 Å². The summed E-state index contributed by atoms with van der Waals surface area (Å²) in [6.07, 6.45) is 1.86. The fourth-order valence-corrected chi connectivity index (χ4v) is 2.87. The van der Waals surface area contributed by atoms with Crippen LogP contribution in [0, 0.1) is 0 Å². The lowest BCUT2D eigenvalue weighted by atomic mass is 9.91. The summed E-state index contributed by atoms with van der Waals surface area (Å²) in [5.41, 5.74) is -0.430. The standard InChI is InChI=1S/C13H27N3O/c1-3-15-8-10-16(11-9-15)12-13(17)4-6-14(2)7-5-13/h17H,3-12H2,1-2H3. The van der Waals surface area contributed by atoms with Gasteiger partial charge in [-0.2, -0.15) is 0 Å². The van der Waals surface area contributed by atoms with Gasteiger partial charge in [-0.1, -0.05) is 6.92 Å². The zero-order chi connectivity index (χ0) is 12.3. The number of rotatable bonds is 3. The number of likely N-dealkylation sites (tertiary alicyclic amines) is 1. The normalized spacial score (nSPS) is 28.4. The Morgan fingerprint density at radius 2 is 1.47 bits per heavy atom.